The molecule has 8 heteroatoms. The summed E-state index contributed by atoms with van der Waals surface area (Å²) in [6, 6.07) is 15.3. The van der Waals surface area contributed by atoms with E-state index in [1.807, 2.05) is 0 Å². The first kappa shape index (κ1) is 18.1. The average molecular weight is 390 g/mol. The van der Waals surface area contributed by atoms with Gasteiger partial charge >= 0.3 is 0 Å². The van der Waals surface area contributed by atoms with E-state index in [4.69, 9.17) is 0 Å². The van der Waals surface area contributed by atoms with Crippen LogP contribution in [0, 0.1) is 5.82 Å². The molecule has 2 aromatic carbocycles. The summed E-state index contributed by atoms with van der Waals surface area (Å²) in [5.41, 5.74) is 0.262. The standard InChI is InChI=1S/C18H15FN2O3S2/c1-21(26(23,24)13-7-3-2-4-8-13)16-11-12-25-17(16)18(22)20-15-10-6-5-9-14(15)19/h2-12H,1H3,(H,20,22). The van der Waals surface area contributed by atoms with Gasteiger partial charge in [-0.2, -0.15) is 0 Å². The Balaban J connectivity index is 1.91. The quantitative estimate of drug-likeness (QED) is 0.717. The topological polar surface area (TPSA) is 66.5 Å². The molecule has 134 valence electrons. The van der Waals surface area contributed by atoms with Crippen LogP contribution < -0.4 is 9.62 Å². The van der Waals surface area contributed by atoms with E-state index in [1.54, 1.807) is 35.7 Å². The number of thiophene rings is 1. The second kappa shape index (κ2) is 7.27. The molecule has 1 amide bonds. The molecule has 0 aliphatic heterocycles. The number of carbonyl (C=O) groups excluding carboxylic acids is 1. The van der Waals surface area contributed by atoms with E-state index >= 15 is 0 Å². The molecule has 5 nitrogen and oxygen atoms in total. The molecule has 3 rings (SSSR count). The Hall–Kier alpha value is -2.71. The van der Waals surface area contributed by atoms with Crippen molar-refractivity contribution in [1.82, 2.24) is 0 Å². The second-order valence-corrected chi connectivity index (χ2v) is 8.24. The Morgan fingerprint density at radius 3 is 2.38 bits per heavy atom. The van der Waals surface area contributed by atoms with Gasteiger partial charge < -0.3 is 5.32 Å². The van der Waals surface area contributed by atoms with Crippen LogP contribution in [0.3, 0.4) is 0 Å². The van der Waals surface area contributed by atoms with Gasteiger partial charge in [-0.15, -0.1) is 11.3 Å². The highest BCUT2D eigenvalue weighted by molar-refractivity contribution is 7.92. The maximum Gasteiger partial charge on any atom is 0.267 e. The molecule has 0 bridgehead atoms. The average Bonchev–Trinajstić information content (AvgIpc) is 3.13. The molecule has 0 atom stereocenters. The summed E-state index contributed by atoms with van der Waals surface area (Å²) in [6.45, 7) is 0. The first-order valence-electron chi connectivity index (χ1n) is 7.58. The number of hydrogen-bond acceptors (Lipinski definition) is 4. The molecule has 0 saturated carbocycles. The summed E-state index contributed by atoms with van der Waals surface area (Å²) in [6.07, 6.45) is 0. The fourth-order valence-electron chi connectivity index (χ4n) is 2.34. The predicted octanol–water partition coefficient (Wildman–Crippen LogP) is 3.96. The number of sulfonamides is 1. The molecule has 0 unspecified atom stereocenters. The minimum atomic E-state index is -3.81. The van der Waals surface area contributed by atoms with E-state index in [9.17, 15) is 17.6 Å². The van der Waals surface area contributed by atoms with Crippen LogP contribution in [0.5, 0.6) is 0 Å². The number of hydrogen-bond donors (Lipinski definition) is 1. The Morgan fingerprint density at radius 2 is 1.69 bits per heavy atom. The van der Waals surface area contributed by atoms with Gasteiger partial charge in [0.05, 0.1) is 16.3 Å². The maximum absolute atomic E-state index is 13.7. The predicted molar refractivity (Wildman–Crippen MR) is 101 cm³/mol. The van der Waals surface area contributed by atoms with E-state index in [1.165, 1.54) is 37.4 Å². The normalized spacial score (nSPS) is 11.2. The van der Waals surface area contributed by atoms with Gasteiger partial charge in [0, 0.05) is 7.05 Å². The van der Waals surface area contributed by atoms with Crippen molar-refractivity contribution in [1.29, 1.82) is 0 Å². The molecule has 0 saturated heterocycles. The number of rotatable bonds is 5. The van der Waals surface area contributed by atoms with Crippen LogP contribution in [-0.2, 0) is 10.0 Å². The number of halogens is 1. The van der Waals surface area contributed by atoms with E-state index in [0.717, 1.165) is 15.6 Å². The summed E-state index contributed by atoms with van der Waals surface area (Å²) in [5.74, 6) is -1.14. The fraction of sp³-hybridized carbons (Fsp3) is 0.0556. The Kier molecular flexibility index (Phi) is 5.06. The number of nitrogens with zero attached hydrogens (tertiary/aromatic N) is 1. The van der Waals surface area contributed by atoms with Gasteiger partial charge in [-0.25, -0.2) is 12.8 Å². The van der Waals surface area contributed by atoms with Crippen LogP contribution in [0.2, 0.25) is 0 Å². The van der Waals surface area contributed by atoms with E-state index < -0.39 is 21.7 Å². The van der Waals surface area contributed by atoms with Crippen LogP contribution in [0.25, 0.3) is 0 Å². The zero-order valence-corrected chi connectivity index (χ0v) is 15.4. The SMILES string of the molecule is CN(c1ccsc1C(=O)Nc1ccccc1F)S(=O)(=O)c1ccccc1. The lowest BCUT2D eigenvalue weighted by Gasteiger charge is -2.19. The Morgan fingerprint density at radius 1 is 1.04 bits per heavy atom. The number of para-hydroxylation sites is 1. The highest BCUT2D eigenvalue weighted by Crippen LogP contribution is 2.30. The van der Waals surface area contributed by atoms with Crippen molar-refractivity contribution in [2.45, 2.75) is 4.90 Å². The third kappa shape index (κ3) is 3.47. The van der Waals surface area contributed by atoms with Crippen LogP contribution in [0.15, 0.2) is 70.9 Å². The lowest BCUT2D eigenvalue weighted by Crippen LogP contribution is -2.28. The molecular formula is C18H15FN2O3S2. The molecule has 0 aliphatic carbocycles. The Labute approximate surface area is 154 Å². The molecule has 1 N–H and O–H groups in total. The van der Waals surface area contributed by atoms with Crippen molar-refractivity contribution in [3.63, 3.8) is 0 Å². The second-order valence-electron chi connectivity index (χ2n) is 5.35. The first-order chi connectivity index (χ1) is 12.4. The van der Waals surface area contributed by atoms with Gasteiger partial charge in [0.1, 0.15) is 10.7 Å². The molecule has 26 heavy (non-hydrogen) atoms. The van der Waals surface area contributed by atoms with Gasteiger partial charge in [-0.05, 0) is 35.7 Å². The minimum absolute atomic E-state index is 0.0328. The third-order valence-electron chi connectivity index (χ3n) is 3.71. The number of carbonyl (C=O) groups is 1. The monoisotopic (exact) mass is 390 g/mol. The molecule has 1 heterocycles. The van der Waals surface area contributed by atoms with E-state index in [2.05, 4.69) is 5.32 Å². The summed E-state index contributed by atoms with van der Waals surface area (Å²) >= 11 is 1.08. The molecule has 0 aliphatic rings. The third-order valence-corrected chi connectivity index (χ3v) is 6.40. The van der Waals surface area contributed by atoms with Gasteiger partial charge in [-0.3, -0.25) is 9.10 Å². The Bertz CT molecular complexity index is 1030. The summed E-state index contributed by atoms with van der Waals surface area (Å²) in [5, 5.41) is 4.09. The highest BCUT2D eigenvalue weighted by atomic mass is 32.2. The zero-order chi connectivity index (χ0) is 18.7. The number of benzene rings is 2. The van der Waals surface area contributed by atoms with Crippen molar-refractivity contribution < 1.29 is 17.6 Å². The summed E-state index contributed by atoms with van der Waals surface area (Å²) in [7, 11) is -2.43. The number of nitrogens with one attached hydrogen (secondary N) is 1. The zero-order valence-electron chi connectivity index (χ0n) is 13.7. The van der Waals surface area contributed by atoms with Crippen molar-refractivity contribution in [3.05, 3.63) is 76.7 Å². The lowest BCUT2D eigenvalue weighted by atomic mass is 10.3. The fourth-order valence-corrected chi connectivity index (χ4v) is 4.45. The van der Waals surface area contributed by atoms with Crippen molar-refractivity contribution in [2.75, 3.05) is 16.7 Å². The maximum atomic E-state index is 13.7. The minimum Gasteiger partial charge on any atom is -0.319 e. The molecular weight excluding hydrogens is 375 g/mol. The van der Waals surface area contributed by atoms with Gasteiger partial charge in [0.15, 0.2) is 0 Å². The lowest BCUT2D eigenvalue weighted by molar-refractivity contribution is 0.103. The van der Waals surface area contributed by atoms with E-state index in [-0.39, 0.29) is 21.1 Å². The summed E-state index contributed by atoms with van der Waals surface area (Å²) in [4.78, 5) is 12.8. The molecule has 1 aromatic heterocycles. The number of amides is 1. The first-order valence-corrected chi connectivity index (χ1v) is 9.90. The number of anilines is 2. The van der Waals surface area contributed by atoms with E-state index in [0.29, 0.717) is 0 Å². The van der Waals surface area contributed by atoms with Crippen molar-refractivity contribution in [3.8, 4) is 0 Å². The van der Waals surface area contributed by atoms with Crippen LogP contribution in [0.4, 0.5) is 15.8 Å². The summed E-state index contributed by atoms with van der Waals surface area (Å²) < 4.78 is 40.3. The van der Waals surface area contributed by atoms with Gasteiger partial charge in [0.2, 0.25) is 0 Å². The molecule has 3 aromatic rings. The highest BCUT2D eigenvalue weighted by Gasteiger charge is 2.26. The van der Waals surface area contributed by atoms with Crippen LogP contribution >= 0.6 is 11.3 Å². The van der Waals surface area contributed by atoms with Crippen LogP contribution in [0.1, 0.15) is 9.67 Å². The van der Waals surface area contributed by atoms with Crippen molar-refractivity contribution in [2.24, 2.45) is 0 Å². The van der Waals surface area contributed by atoms with Crippen molar-refractivity contribution >= 4 is 38.6 Å². The molecule has 0 radical (unpaired) electrons. The molecule has 0 fully saturated rings. The van der Waals surface area contributed by atoms with Gasteiger partial charge in [-0.1, -0.05) is 30.3 Å². The van der Waals surface area contributed by atoms with Crippen LogP contribution in [-0.4, -0.2) is 21.4 Å². The van der Waals surface area contributed by atoms with Gasteiger partial charge in [0.25, 0.3) is 15.9 Å². The smallest absolute Gasteiger partial charge is 0.267 e. The molecule has 0 spiro atoms. The largest absolute Gasteiger partial charge is 0.319 e.